The summed E-state index contributed by atoms with van der Waals surface area (Å²) in [6.07, 6.45) is 4.57. The van der Waals surface area contributed by atoms with E-state index in [4.69, 9.17) is 4.74 Å². The second-order valence-electron chi connectivity index (χ2n) is 4.72. The Balaban J connectivity index is 1.56. The van der Waals surface area contributed by atoms with Gasteiger partial charge in [0.05, 0.1) is 6.61 Å². The standard InChI is InChI=1S/C13H17N5O2/c1-10-14-3-6-17(10)7-4-15-13(19)11-9-12-18(16-11)5-2-8-20-12/h3,6,9H,2,4-5,7-8H2,1H3,(H,15,19). The van der Waals surface area contributed by atoms with E-state index >= 15 is 0 Å². The molecule has 3 heterocycles. The van der Waals surface area contributed by atoms with Gasteiger partial charge in [0.1, 0.15) is 5.82 Å². The molecule has 0 bridgehead atoms. The van der Waals surface area contributed by atoms with Crippen LogP contribution >= 0.6 is 0 Å². The van der Waals surface area contributed by atoms with E-state index in [0.717, 1.165) is 18.8 Å². The minimum Gasteiger partial charge on any atom is -0.478 e. The fourth-order valence-corrected chi connectivity index (χ4v) is 2.20. The van der Waals surface area contributed by atoms with E-state index in [-0.39, 0.29) is 5.91 Å². The van der Waals surface area contributed by atoms with Gasteiger partial charge in [-0.3, -0.25) is 4.79 Å². The van der Waals surface area contributed by atoms with Gasteiger partial charge in [0, 0.05) is 44.5 Å². The molecule has 7 nitrogen and oxygen atoms in total. The minimum absolute atomic E-state index is 0.173. The topological polar surface area (TPSA) is 74.0 Å². The van der Waals surface area contributed by atoms with Gasteiger partial charge < -0.3 is 14.6 Å². The van der Waals surface area contributed by atoms with Crippen molar-refractivity contribution in [2.75, 3.05) is 13.2 Å². The molecule has 7 heteroatoms. The minimum atomic E-state index is -0.173. The molecule has 0 aromatic carbocycles. The summed E-state index contributed by atoms with van der Waals surface area (Å²) >= 11 is 0. The number of ether oxygens (including phenoxy) is 1. The highest BCUT2D eigenvalue weighted by Crippen LogP contribution is 2.18. The number of amides is 1. The Bertz CT molecular complexity index is 593. The lowest BCUT2D eigenvalue weighted by molar-refractivity contribution is 0.0946. The van der Waals surface area contributed by atoms with Crippen LogP contribution in [0.25, 0.3) is 0 Å². The van der Waals surface area contributed by atoms with Crippen molar-refractivity contribution in [3.8, 4) is 5.88 Å². The number of carbonyl (C=O) groups is 1. The number of fused-ring (bicyclic) bond motifs is 1. The molecule has 2 aromatic rings. The largest absolute Gasteiger partial charge is 0.478 e. The highest BCUT2D eigenvalue weighted by atomic mass is 16.5. The van der Waals surface area contributed by atoms with Crippen molar-refractivity contribution in [1.82, 2.24) is 24.6 Å². The number of nitrogens with zero attached hydrogens (tertiary/aromatic N) is 4. The van der Waals surface area contributed by atoms with Crippen molar-refractivity contribution >= 4 is 5.91 Å². The maximum Gasteiger partial charge on any atom is 0.271 e. The monoisotopic (exact) mass is 275 g/mol. The van der Waals surface area contributed by atoms with Crippen molar-refractivity contribution in [2.45, 2.75) is 26.4 Å². The molecule has 1 amide bonds. The van der Waals surface area contributed by atoms with Gasteiger partial charge in [-0.25, -0.2) is 9.67 Å². The second kappa shape index (κ2) is 5.36. The third-order valence-electron chi connectivity index (χ3n) is 3.30. The zero-order valence-electron chi connectivity index (χ0n) is 11.4. The summed E-state index contributed by atoms with van der Waals surface area (Å²) in [7, 11) is 0. The predicted molar refractivity (Wildman–Crippen MR) is 71.6 cm³/mol. The molecule has 20 heavy (non-hydrogen) atoms. The van der Waals surface area contributed by atoms with Crippen LogP contribution in [0.5, 0.6) is 5.88 Å². The van der Waals surface area contributed by atoms with Crippen LogP contribution in [-0.2, 0) is 13.1 Å². The molecule has 1 N–H and O–H groups in total. The van der Waals surface area contributed by atoms with Crippen molar-refractivity contribution < 1.29 is 9.53 Å². The first-order chi connectivity index (χ1) is 9.74. The molecular formula is C13H17N5O2. The Hall–Kier alpha value is -2.31. The van der Waals surface area contributed by atoms with E-state index in [1.807, 2.05) is 17.7 Å². The average Bonchev–Trinajstić information content (AvgIpc) is 3.05. The Morgan fingerprint density at radius 2 is 2.45 bits per heavy atom. The molecule has 0 unspecified atom stereocenters. The second-order valence-corrected chi connectivity index (χ2v) is 4.72. The average molecular weight is 275 g/mol. The molecule has 0 saturated carbocycles. The molecule has 0 spiro atoms. The van der Waals surface area contributed by atoms with Crippen LogP contribution in [0.4, 0.5) is 0 Å². The van der Waals surface area contributed by atoms with Gasteiger partial charge in [0.2, 0.25) is 5.88 Å². The molecule has 0 aliphatic carbocycles. The molecule has 0 atom stereocenters. The van der Waals surface area contributed by atoms with Crippen molar-refractivity contribution in [3.05, 3.63) is 30.0 Å². The first-order valence-corrected chi connectivity index (χ1v) is 6.70. The SMILES string of the molecule is Cc1nccn1CCNC(=O)c1cc2n(n1)CCCO2. The lowest BCUT2D eigenvalue weighted by Crippen LogP contribution is -2.27. The van der Waals surface area contributed by atoms with E-state index in [0.29, 0.717) is 31.3 Å². The van der Waals surface area contributed by atoms with Crippen LogP contribution in [0, 0.1) is 6.92 Å². The lowest BCUT2D eigenvalue weighted by Gasteiger charge is -2.13. The lowest BCUT2D eigenvalue weighted by atomic mass is 10.4. The van der Waals surface area contributed by atoms with Gasteiger partial charge in [-0.2, -0.15) is 5.10 Å². The molecule has 1 aliphatic heterocycles. The Kier molecular flexibility index (Phi) is 3.41. The molecule has 0 radical (unpaired) electrons. The number of aryl methyl sites for hydroxylation is 2. The van der Waals surface area contributed by atoms with Gasteiger partial charge in [0.15, 0.2) is 5.69 Å². The zero-order chi connectivity index (χ0) is 13.9. The van der Waals surface area contributed by atoms with Crippen LogP contribution in [0.1, 0.15) is 22.7 Å². The number of imidazole rings is 1. The fourth-order valence-electron chi connectivity index (χ4n) is 2.20. The Morgan fingerprint density at radius 1 is 1.55 bits per heavy atom. The van der Waals surface area contributed by atoms with Gasteiger partial charge >= 0.3 is 0 Å². The Morgan fingerprint density at radius 3 is 3.20 bits per heavy atom. The van der Waals surface area contributed by atoms with Crippen molar-refractivity contribution in [2.24, 2.45) is 0 Å². The molecule has 2 aromatic heterocycles. The Labute approximate surface area is 116 Å². The highest BCUT2D eigenvalue weighted by Gasteiger charge is 2.17. The summed E-state index contributed by atoms with van der Waals surface area (Å²) in [5, 5.41) is 7.10. The summed E-state index contributed by atoms with van der Waals surface area (Å²) in [6, 6.07) is 1.69. The van der Waals surface area contributed by atoms with E-state index in [1.54, 1.807) is 16.9 Å². The number of rotatable bonds is 4. The van der Waals surface area contributed by atoms with Crippen LogP contribution in [0.3, 0.4) is 0 Å². The molecule has 106 valence electrons. The first kappa shape index (κ1) is 12.7. The van der Waals surface area contributed by atoms with Crippen LogP contribution in [0.2, 0.25) is 0 Å². The van der Waals surface area contributed by atoms with Crippen LogP contribution < -0.4 is 10.1 Å². The number of nitrogens with one attached hydrogen (secondary N) is 1. The summed E-state index contributed by atoms with van der Waals surface area (Å²) in [6.45, 7) is 4.66. The van der Waals surface area contributed by atoms with Gasteiger partial charge in [0.25, 0.3) is 5.91 Å². The fraction of sp³-hybridized carbons (Fsp3) is 0.462. The van der Waals surface area contributed by atoms with Gasteiger partial charge in [-0.1, -0.05) is 0 Å². The summed E-state index contributed by atoms with van der Waals surface area (Å²) < 4.78 is 9.16. The molecule has 0 fully saturated rings. The molecule has 0 saturated heterocycles. The number of hydrogen-bond donors (Lipinski definition) is 1. The number of carbonyl (C=O) groups excluding carboxylic acids is 1. The summed E-state index contributed by atoms with van der Waals surface area (Å²) in [5.74, 6) is 1.44. The molecule has 1 aliphatic rings. The third-order valence-corrected chi connectivity index (χ3v) is 3.30. The first-order valence-electron chi connectivity index (χ1n) is 6.70. The van der Waals surface area contributed by atoms with Crippen LogP contribution in [0.15, 0.2) is 18.5 Å². The maximum absolute atomic E-state index is 12.0. The molecule has 3 rings (SSSR count). The van der Waals surface area contributed by atoms with Crippen molar-refractivity contribution in [1.29, 1.82) is 0 Å². The van der Waals surface area contributed by atoms with Crippen LogP contribution in [-0.4, -0.2) is 38.4 Å². The number of hydrogen-bond acceptors (Lipinski definition) is 4. The maximum atomic E-state index is 12.0. The van der Waals surface area contributed by atoms with E-state index in [1.165, 1.54) is 0 Å². The van der Waals surface area contributed by atoms with Crippen molar-refractivity contribution in [3.63, 3.8) is 0 Å². The third kappa shape index (κ3) is 2.52. The predicted octanol–water partition coefficient (Wildman–Crippen LogP) is 0.601. The van der Waals surface area contributed by atoms with E-state index in [2.05, 4.69) is 15.4 Å². The van der Waals surface area contributed by atoms with E-state index < -0.39 is 0 Å². The van der Waals surface area contributed by atoms with E-state index in [9.17, 15) is 4.79 Å². The van der Waals surface area contributed by atoms with Gasteiger partial charge in [-0.15, -0.1) is 0 Å². The highest BCUT2D eigenvalue weighted by molar-refractivity contribution is 5.92. The summed E-state index contributed by atoms with van der Waals surface area (Å²) in [5.41, 5.74) is 0.407. The normalized spacial score (nSPS) is 13.7. The zero-order valence-corrected chi connectivity index (χ0v) is 11.4. The number of aromatic nitrogens is 4. The molecular weight excluding hydrogens is 258 g/mol. The van der Waals surface area contributed by atoms with Gasteiger partial charge in [-0.05, 0) is 6.92 Å². The summed E-state index contributed by atoms with van der Waals surface area (Å²) in [4.78, 5) is 16.1. The smallest absolute Gasteiger partial charge is 0.271 e. The quantitative estimate of drug-likeness (QED) is 0.886.